The zero-order valence-corrected chi connectivity index (χ0v) is 14.2. The molecular formula is C20H25NO2. The molecule has 2 aromatic carbocycles. The van der Waals surface area contributed by atoms with Crippen molar-refractivity contribution < 1.29 is 9.47 Å². The average molecular weight is 311 g/mol. The summed E-state index contributed by atoms with van der Waals surface area (Å²) in [4.78, 5) is 2.56. The van der Waals surface area contributed by atoms with Crippen LogP contribution in [0.15, 0.2) is 42.5 Å². The lowest BCUT2D eigenvalue weighted by molar-refractivity contribution is 0.247. The smallest absolute Gasteiger partial charge is 0.122 e. The molecule has 0 N–H and O–H groups in total. The van der Waals surface area contributed by atoms with Crippen molar-refractivity contribution in [3.63, 3.8) is 0 Å². The molecule has 1 fully saturated rings. The highest BCUT2D eigenvalue weighted by atomic mass is 16.5. The second-order valence-corrected chi connectivity index (χ2v) is 6.26. The Kier molecular flexibility index (Phi) is 4.87. The molecule has 1 saturated heterocycles. The quantitative estimate of drug-likeness (QED) is 0.819. The van der Waals surface area contributed by atoms with E-state index in [1.807, 2.05) is 6.07 Å². The Labute approximate surface area is 138 Å². The third-order valence-electron chi connectivity index (χ3n) is 4.59. The highest BCUT2D eigenvalue weighted by Crippen LogP contribution is 2.34. The van der Waals surface area contributed by atoms with E-state index in [4.69, 9.17) is 9.47 Å². The van der Waals surface area contributed by atoms with Crippen LogP contribution in [0.4, 0.5) is 0 Å². The Morgan fingerprint density at radius 3 is 2.43 bits per heavy atom. The molecule has 1 aliphatic rings. The fourth-order valence-corrected chi connectivity index (χ4v) is 3.46. The van der Waals surface area contributed by atoms with Crippen molar-refractivity contribution in [3.8, 4) is 11.5 Å². The molecule has 0 saturated carbocycles. The van der Waals surface area contributed by atoms with Gasteiger partial charge >= 0.3 is 0 Å². The normalized spacial score (nSPS) is 18.1. The third-order valence-corrected chi connectivity index (χ3v) is 4.59. The predicted molar refractivity (Wildman–Crippen MR) is 93.1 cm³/mol. The van der Waals surface area contributed by atoms with Crippen LogP contribution in [0.2, 0.25) is 0 Å². The van der Waals surface area contributed by atoms with Crippen molar-refractivity contribution in [3.05, 3.63) is 59.2 Å². The van der Waals surface area contributed by atoms with E-state index in [-0.39, 0.29) is 0 Å². The van der Waals surface area contributed by atoms with Gasteiger partial charge in [-0.2, -0.15) is 0 Å². The van der Waals surface area contributed by atoms with E-state index in [2.05, 4.69) is 48.2 Å². The summed E-state index contributed by atoms with van der Waals surface area (Å²) in [5, 5.41) is 0. The molecule has 2 aromatic rings. The van der Waals surface area contributed by atoms with Crippen LogP contribution in [0.1, 0.15) is 35.6 Å². The third kappa shape index (κ3) is 3.67. The van der Waals surface area contributed by atoms with Gasteiger partial charge in [0.15, 0.2) is 0 Å². The molecule has 0 radical (unpaired) electrons. The zero-order chi connectivity index (χ0) is 16.2. The number of aryl methyl sites for hydroxylation is 1. The lowest BCUT2D eigenvalue weighted by Crippen LogP contribution is -2.22. The molecule has 0 aliphatic carbocycles. The van der Waals surface area contributed by atoms with Crippen LogP contribution in [0, 0.1) is 6.92 Å². The van der Waals surface area contributed by atoms with Crippen molar-refractivity contribution in [2.24, 2.45) is 0 Å². The Bertz CT molecular complexity index is 646. The molecule has 1 heterocycles. The zero-order valence-electron chi connectivity index (χ0n) is 14.2. The summed E-state index contributed by atoms with van der Waals surface area (Å²) in [6.45, 7) is 4.22. The van der Waals surface area contributed by atoms with Gasteiger partial charge in [-0.15, -0.1) is 0 Å². The Balaban J connectivity index is 1.81. The topological polar surface area (TPSA) is 21.7 Å². The van der Waals surface area contributed by atoms with Gasteiger partial charge in [-0.3, -0.25) is 4.90 Å². The first-order chi connectivity index (χ1) is 11.2. The monoisotopic (exact) mass is 311 g/mol. The maximum Gasteiger partial charge on any atom is 0.122 e. The number of hydrogen-bond donors (Lipinski definition) is 0. The van der Waals surface area contributed by atoms with Crippen LogP contribution in [-0.2, 0) is 6.54 Å². The maximum absolute atomic E-state index is 5.39. The van der Waals surface area contributed by atoms with Crippen molar-refractivity contribution in [1.82, 2.24) is 4.90 Å². The average Bonchev–Trinajstić information content (AvgIpc) is 3.02. The van der Waals surface area contributed by atoms with E-state index in [0.717, 1.165) is 24.6 Å². The Morgan fingerprint density at radius 1 is 1.04 bits per heavy atom. The Morgan fingerprint density at radius 2 is 1.78 bits per heavy atom. The van der Waals surface area contributed by atoms with E-state index in [1.54, 1.807) is 14.2 Å². The fourth-order valence-electron chi connectivity index (χ4n) is 3.46. The summed E-state index contributed by atoms with van der Waals surface area (Å²) in [5.74, 6) is 1.70. The molecule has 0 bridgehead atoms. The molecule has 0 amide bonds. The fraction of sp³-hybridized carbons (Fsp3) is 0.400. The van der Waals surface area contributed by atoms with Crippen LogP contribution in [-0.4, -0.2) is 25.7 Å². The molecule has 0 aromatic heterocycles. The van der Waals surface area contributed by atoms with Gasteiger partial charge in [0.25, 0.3) is 0 Å². The molecule has 3 rings (SSSR count). The van der Waals surface area contributed by atoms with Gasteiger partial charge in [-0.05, 0) is 49.6 Å². The minimum Gasteiger partial charge on any atom is -0.497 e. The predicted octanol–water partition coefficient (Wildman–Crippen LogP) is 4.35. The maximum atomic E-state index is 5.39. The van der Waals surface area contributed by atoms with Gasteiger partial charge in [0.2, 0.25) is 0 Å². The van der Waals surface area contributed by atoms with Crippen LogP contribution in [0.25, 0.3) is 0 Å². The Hall–Kier alpha value is -2.00. The lowest BCUT2D eigenvalue weighted by Gasteiger charge is -2.25. The first kappa shape index (κ1) is 15.9. The second-order valence-electron chi connectivity index (χ2n) is 6.26. The summed E-state index contributed by atoms with van der Waals surface area (Å²) in [5.41, 5.74) is 4.00. The first-order valence-corrected chi connectivity index (χ1v) is 8.22. The minimum absolute atomic E-state index is 0.507. The van der Waals surface area contributed by atoms with Gasteiger partial charge in [-0.1, -0.05) is 29.8 Å². The summed E-state index contributed by atoms with van der Waals surface area (Å²) < 4.78 is 10.8. The van der Waals surface area contributed by atoms with Gasteiger partial charge in [-0.25, -0.2) is 0 Å². The van der Waals surface area contributed by atoms with Gasteiger partial charge in [0, 0.05) is 18.7 Å². The number of ether oxygens (including phenoxy) is 2. The lowest BCUT2D eigenvalue weighted by atomic mass is 10.0. The van der Waals surface area contributed by atoms with E-state index in [9.17, 15) is 0 Å². The molecule has 122 valence electrons. The van der Waals surface area contributed by atoms with E-state index >= 15 is 0 Å². The van der Waals surface area contributed by atoms with Crippen molar-refractivity contribution in [1.29, 1.82) is 0 Å². The van der Waals surface area contributed by atoms with E-state index in [1.165, 1.54) is 29.5 Å². The van der Waals surface area contributed by atoms with Gasteiger partial charge in [0.05, 0.1) is 14.2 Å². The number of nitrogens with zero attached hydrogens (tertiary/aromatic N) is 1. The van der Waals surface area contributed by atoms with Gasteiger partial charge in [0.1, 0.15) is 11.5 Å². The molecule has 0 unspecified atom stereocenters. The highest BCUT2D eigenvalue weighted by Gasteiger charge is 2.26. The second kappa shape index (κ2) is 7.05. The van der Waals surface area contributed by atoms with Crippen LogP contribution < -0.4 is 9.47 Å². The van der Waals surface area contributed by atoms with Crippen molar-refractivity contribution in [2.75, 3.05) is 20.8 Å². The molecule has 23 heavy (non-hydrogen) atoms. The summed E-state index contributed by atoms with van der Waals surface area (Å²) in [7, 11) is 3.40. The molecular weight excluding hydrogens is 286 g/mol. The molecule has 0 spiro atoms. The van der Waals surface area contributed by atoms with Gasteiger partial charge < -0.3 is 9.47 Å². The molecule has 1 atom stereocenters. The van der Waals surface area contributed by atoms with Crippen LogP contribution in [0.3, 0.4) is 0 Å². The number of likely N-dealkylation sites (tertiary alicyclic amines) is 1. The van der Waals surface area contributed by atoms with Crippen molar-refractivity contribution >= 4 is 0 Å². The van der Waals surface area contributed by atoms with Crippen molar-refractivity contribution in [2.45, 2.75) is 32.4 Å². The van der Waals surface area contributed by atoms with E-state index < -0.39 is 0 Å². The summed E-state index contributed by atoms with van der Waals surface area (Å²) in [6, 6.07) is 15.5. The van der Waals surface area contributed by atoms with E-state index in [0.29, 0.717) is 6.04 Å². The molecule has 3 nitrogen and oxygen atoms in total. The number of hydrogen-bond acceptors (Lipinski definition) is 3. The van der Waals surface area contributed by atoms with Crippen LogP contribution in [0.5, 0.6) is 11.5 Å². The SMILES string of the molecule is COc1cc(CN2CCC[C@@H]2c2cccc(C)c2)cc(OC)c1. The standard InChI is InChI=1S/C20H25NO2/c1-15-6-4-7-17(10-15)20-8-5-9-21(20)14-16-11-18(22-2)13-19(12-16)23-3/h4,6-7,10-13,20H,5,8-9,14H2,1-3H3/t20-/m1/s1. The number of rotatable bonds is 5. The number of methoxy groups -OCH3 is 2. The molecule has 1 aliphatic heterocycles. The number of benzene rings is 2. The largest absolute Gasteiger partial charge is 0.497 e. The minimum atomic E-state index is 0.507. The van der Waals surface area contributed by atoms with Crippen LogP contribution >= 0.6 is 0 Å². The summed E-state index contributed by atoms with van der Waals surface area (Å²) in [6.07, 6.45) is 2.48. The highest BCUT2D eigenvalue weighted by molar-refractivity contribution is 5.38. The first-order valence-electron chi connectivity index (χ1n) is 8.22. The molecule has 3 heteroatoms. The summed E-state index contributed by atoms with van der Waals surface area (Å²) >= 11 is 0.